The van der Waals surface area contributed by atoms with E-state index in [1.807, 2.05) is 0 Å². The molecule has 2 amide bonds. The topological polar surface area (TPSA) is 62.7 Å². The van der Waals surface area contributed by atoms with E-state index in [9.17, 15) is 22.8 Å². The number of amides is 2. The molecule has 0 N–H and O–H groups in total. The third-order valence-electron chi connectivity index (χ3n) is 5.07. The van der Waals surface area contributed by atoms with Gasteiger partial charge in [-0.15, -0.1) is 23.1 Å². The lowest BCUT2D eigenvalue weighted by Crippen LogP contribution is -2.44. The highest BCUT2D eigenvalue weighted by atomic mass is 32.2. The first-order chi connectivity index (χ1) is 14.8. The van der Waals surface area contributed by atoms with Crippen molar-refractivity contribution < 1.29 is 27.5 Å². The average Bonchev–Trinajstić information content (AvgIpc) is 3.48. The number of carbonyl (C=O) groups is 2. The summed E-state index contributed by atoms with van der Waals surface area (Å²) in [5.74, 6) is 0.456. The summed E-state index contributed by atoms with van der Waals surface area (Å²) in [5, 5.41) is 2.02. The van der Waals surface area contributed by atoms with Crippen molar-refractivity contribution in [1.82, 2.24) is 9.88 Å². The number of thioether (sulfide) groups is 1. The van der Waals surface area contributed by atoms with Gasteiger partial charge in [0.1, 0.15) is 6.54 Å². The number of alkyl halides is 3. The Balaban J connectivity index is 1.57. The van der Waals surface area contributed by atoms with Gasteiger partial charge in [0.25, 0.3) is 0 Å². The van der Waals surface area contributed by atoms with Gasteiger partial charge in [-0.2, -0.15) is 13.2 Å². The number of aromatic nitrogens is 1. The van der Waals surface area contributed by atoms with Crippen LogP contribution in [0.5, 0.6) is 0 Å². The molecule has 1 atom stereocenters. The van der Waals surface area contributed by atoms with Crippen molar-refractivity contribution in [3.8, 4) is 11.3 Å². The maximum Gasteiger partial charge on any atom is 0.416 e. The highest BCUT2D eigenvalue weighted by Gasteiger charge is 2.32. The van der Waals surface area contributed by atoms with Crippen LogP contribution in [0.3, 0.4) is 0 Å². The van der Waals surface area contributed by atoms with Crippen LogP contribution in [-0.4, -0.2) is 59.1 Å². The third-order valence-corrected chi connectivity index (χ3v) is 6.88. The van der Waals surface area contributed by atoms with Crippen molar-refractivity contribution in [1.29, 1.82) is 0 Å². The van der Waals surface area contributed by atoms with Crippen LogP contribution < -0.4 is 4.90 Å². The molecule has 2 aromatic rings. The van der Waals surface area contributed by atoms with Crippen LogP contribution in [0.4, 0.5) is 18.3 Å². The summed E-state index contributed by atoms with van der Waals surface area (Å²) in [5.41, 5.74) is -0.0612. The number of hydrogen-bond acceptors (Lipinski definition) is 6. The summed E-state index contributed by atoms with van der Waals surface area (Å²) in [6.45, 7) is 0.863. The zero-order valence-corrected chi connectivity index (χ0v) is 18.1. The van der Waals surface area contributed by atoms with Crippen LogP contribution >= 0.6 is 23.1 Å². The van der Waals surface area contributed by atoms with Crippen LogP contribution in [0.25, 0.3) is 11.3 Å². The summed E-state index contributed by atoms with van der Waals surface area (Å²) < 4.78 is 44.8. The highest BCUT2D eigenvalue weighted by molar-refractivity contribution is 8.00. The lowest BCUT2D eigenvalue weighted by atomic mass is 10.1. The summed E-state index contributed by atoms with van der Waals surface area (Å²) in [4.78, 5) is 32.4. The minimum atomic E-state index is -4.45. The molecule has 2 aliphatic heterocycles. The number of ether oxygens (including phenoxy) is 1. The molecule has 2 fully saturated rings. The van der Waals surface area contributed by atoms with Crippen LogP contribution in [0, 0.1) is 0 Å². The largest absolute Gasteiger partial charge is 0.416 e. The molecular weight excluding hydrogens is 451 g/mol. The van der Waals surface area contributed by atoms with E-state index in [0.29, 0.717) is 41.2 Å². The Morgan fingerprint density at radius 3 is 2.87 bits per heavy atom. The maximum atomic E-state index is 13.1. The molecule has 0 aliphatic carbocycles. The molecule has 0 bridgehead atoms. The predicted octanol–water partition coefficient (Wildman–Crippen LogP) is 3.87. The number of rotatable bonds is 6. The van der Waals surface area contributed by atoms with Crippen molar-refractivity contribution in [3.63, 3.8) is 0 Å². The molecule has 0 spiro atoms. The molecule has 1 aromatic carbocycles. The van der Waals surface area contributed by atoms with E-state index in [-0.39, 0.29) is 24.5 Å². The summed E-state index contributed by atoms with van der Waals surface area (Å²) in [6.07, 6.45) is -2.86. The van der Waals surface area contributed by atoms with Gasteiger partial charge >= 0.3 is 6.18 Å². The van der Waals surface area contributed by atoms with E-state index in [1.54, 1.807) is 11.4 Å². The zero-order valence-electron chi connectivity index (χ0n) is 16.4. The van der Waals surface area contributed by atoms with E-state index in [2.05, 4.69) is 4.98 Å². The number of carbonyl (C=O) groups excluding carboxylic acids is 2. The highest BCUT2D eigenvalue weighted by Crippen LogP contribution is 2.34. The molecule has 2 saturated heterocycles. The number of anilines is 1. The van der Waals surface area contributed by atoms with Crippen molar-refractivity contribution in [3.05, 3.63) is 35.2 Å². The normalized spacial score (nSPS) is 19.3. The summed E-state index contributed by atoms with van der Waals surface area (Å²) in [6, 6.07) is 4.95. The molecule has 1 aromatic heterocycles. The monoisotopic (exact) mass is 471 g/mol. The Kier molecular flexibility index (Phi) is 6.54. The molecule has 0 radical (unpaired) electrons. The molecule has 6 nitrogen and oxygen atoms in total. The van der Waals surface area contributed by atoms with Crippen molar-refractivity contribution in [2.45, 2.75) is 25.1 Å². The Hall–Kier alpha value is -2.11. The molecule has 4 rings (SSSR count). The number of halogens is 3. The van der Waals surface area contributed by atoms with Crippen LogP contribution in [0.2, 0.25) is 0 Å². The van der Waals surface area contributed by atoms with E-state index < -0.39 is 11.7 Å². The molecule has 3 heterocycles. The number of benzene rings is 1. The van der Waals surface area contributed by atoms with Crippen LogP contribution in [-0.2, 0) is 20.5 Å². The molecule has 0 unspecified atom stereocenters. The molecule has 11 heteroatoms. The quantitative estimate of drug-likeness (QED) is 0.640. The fourth-order valence-corrected chi connectivity index (χ4v) is 5.21. The fourth-order valence-electron chi connectivity index (χ4n) is 3.44. The van der Waals surface area contributed by atoms with E-state index >= 15 is 0 Å². The minimum Gasteiger partial charge on any atom is -0.376 e. The van der Waals surface area contributed by atoms with E-state index in [1.165, 1.54) is 39.0 Å². The van der Waals surface area contributed by atoms with Gasteiger partial charge in [-0.25, -0.2) is 4.98 Å². The number of hydrogen-bond donors (Lipinski definition) is 0. The molecule has 31 heavy (non-hydrogen) atoms. The zero-order chi connectivity index (χ0) is 22.0. The average molecular weight is 472 g/mol. The van der Waals surface area contributed by atoms with Crippen LogP contribution in [0.15, 0.2) is 29.6 Å². The fraction of sp³-hybridized carbons (Fsp3) is 0.450. The van der Waals surface area contributed by atoms with Gasteiger partial charge in [-0.05, 0) is 25.0 Å². The van der Waals surface area contributed by atoms with Gasteiger partial charge in [0, 0.05) is 17.6 Å². The lowest BCUT2D eigenvalue weighted by Gasteiger charge is -2.25. The molecule has 2 aliphatic rings. The second kappa shape index (κ2) is 9.17. The lowest BCUT2D eigenvalue weighted by molar-refractivity contribution is -0.137. The Morgan fingerprint density at radius 2 is 2.19 bits per heavy atom. The molecular formula is C20H20F3N3O3S2. The standard InChI is InChI=1S/C20H20F3N3O3S2/c21-20(22,23)14-4-1-3-13(7-14)16-10-31-19(24-16)26(8-15-5-2-6-29-15)17(27)9-25-12-30-11-18(25)28/h1,3-4,7,10,15H,2,5-6,8-9,11-12H2/t15-/m0/s1. The summed E-state index contributed by atoms with van der Waals surface area (Å²) in [7, 11) is 0. The van der Waals surface area contributed by atoms with Gasteiger partial charge in [0.15, 0.2) is 5.13 Å². The molecule has 166 valence electrons. The second-order valence-corrected chi connectivity index (χ2v) is 9.09. The van der Waals surface area contributed by atoms with Gasteiger partial charge in [0.2, 0.25) is 11.8 Å². The van der Waals surface area contributed by atoms with Crippen molar-refractivity contribution >= 4 is 40.0 Å². The maximum absolute atomic E-state index is 13.1. The van der Waals surface area contributed by atoms with Crippen LogP contribution in [0.1, 0.15) is 18.4 Å². The van der Waals surface area contributed by atoms with Gasteiger partial charge in [-0.1, -0.05) is 12.1 Å². The second-order valence-electron chi connectivity index (χ2n) is 7.30. The van der Waals surface area contributed by atoms with Crippen molar-refractivity contribution in [2.24, 2.45) is 0 Å². The Labute approximate surface area is 185 Å². The first-order valence-electron chi connectivity index (χ1n) is 9.72. The van der Waals surface area contributed by atoms with Gasteiger partial charge < -0.3 is 9.64 Å². The number of thiazole rings is 1. The predicted molar refractivity (Wildman–Crippen MR) is 113 cm³/mol. The molecule has 0 saturated carbocycles. The van der Waals surface area contributed by atoms with Gasteiger partial charge in [0.05, 0.1) is 35.5 Å². The number of nitrogens with zero attached hydrogens (tertiary/aromatic N) is 3. The van der Waals surface area contributed by atoms with Gasteiger partial charge in [-0.3, -0.25) is 14.5 Å². The Bertz CT molecular complexity index is 960. The summed E-state index contributed by atoms with van der Waals surface area (Å²) >= 11 is 2.64. The van der Waals surface area contributed by atoms with Crippen molar-refractivity contribution in [2.75, 3.05) is 36.2 Å². The first kappa shape index (κ1) is 22.1. The SMILES string of the molecule is O=C1CSCN1CC(=O)N(C[C@@H]1CCCO1)c1nc(-c2cccc(C(F)(F)F)c2)cs1. The minimum absolute atomic E-state index is 0.0585. The Morgan fingerprint density at radius 1 is 1.35 bits per heavy atom. The first-order valence-corrected chi connectivity index (χ1v) is 11.8. The van der Waals surface area contributed by atoms with E-state index in [4.69, 9.17) is 4.74 Å². The van der Waals surface area contributed by atoms with E-state index in [0.717, 1.165) is 25.0 Å². The smallest absolute Gasteiger partial charge is 0.376 e. The third kappa shape index (κ3) is 5.21.